The number of nitrogens with one attached hydrogen (secondary N) is 1. The average molecular weight is 280 g/mol. The highest BCUT2D eigenvalue weighted by Gasteiger charge is 2.10. The molecule has 0 aliphatic carbocycles. The monoisotopic (exact) mass is 280 g/mol. The van der Waals surface area contributed by atoms with Crippen LogP contribution in [0.5, 0.6) is 0 Å². The van der Waals surface area contributed by atoms with Gasteiger partial charge in [-0.25, -0.2) is 15.0 Å². The molecule has 0 saturated carbocycles. The predicted octanol–water partition coefficient (Wildman–Crippen LogP) is 3.52. The normalized spacial score (nSPS) is 10.6. The molecule has 0 aromatic carbocycles. The molecule has 18 heavy (non-hydrogen) atoms. The van der Waals surface area contributed by atoms with Gasteiger partial charge >= 0.3 is 0 Å². The highest BCUT2D eigenvalue weighted by molar-refractivity contribution is 8.01. The van der Waals surface area contributed by atoms with Gasteiger partial charge in [-0.15, -0.1) is 11.3 Å². The van der Waals surface area contributed by atoms with Gasteiger partial charge in [0.1, 0.15) is 17.2 Å². The van der Waals surface area contributed by atoms with Crippen molar-refractivity contribution in [2.75, 3.05) is 11.9 Å². The van der Waals surface area contributed by atoms with Gasteiger partial charge in [0.2, 0.25) is 0 Å². The van der Waals surface area contributed by atoms with E-state index in [0.29, 0.717) is 0 Å². The van der Waals surface area contributed by atoms with Crippen molar-refractivity contribution >= 4 is 28.9 Å². The van der Waals surface area contributed by atoms with Crippen LogP contribution in [0.2, 0.25) is 0 Å². The zero-order valence-corrected chi connectivity index (χ0v) is 12.4. The fraction of sp³-hybridized carbons (Fsp3) is 0.417. The van der Waals surface area contributed by atoms with E-state index in [9.17, 15) is 0 Å². The number of hydrogen-bond acceptors (Lipinski definition) is 6. The summed E-state index contributed by atoms with van der Waals surface area (Å²) in [6.07, 6.45) is 2.69. The number of anilines is 1. The lowest BCUT2D eigenvalue weighted by Gasteiger charge is -2.09. The summed E-state index contributed by atoms with van der Waals surface area (Å²) >= 11 is 3.25. The van der Waals surface area contributed by atoms with Gasteiger partial charge in [-0.1, -0.05) is 6.92 Å². The van der Waals surface area contributed by atoms with Crippen LogP contribution in [0, 0.1) is 13.8 Å². The van der Waals surface area contributed by atoms with Gasteiger partial charge in [-0.3, -0.25) is 0 Å². The van der Waals surface area contributed by atoms with E-state index in [4.69, 9.17) is 0 Å². The molecule has 6 heteroatoms. The number of hydrogen-bond donors (Lipinski definition) is 1. The fourth-order valence-electron chi connectivity index (χ4n) is 1.42. The van der Waals surface area contributed by atoms with E-state index in [0.717, 1.165) is 39.4 Å². The van der Waals surface area contributed by atoms with Crippen LogP contribution in [-0.2, 0) is 0 Å². The summed E-state index contributed by atoms with van der Waals surface area (Å²) in [4.78, 5) is 13.0. The second-order valence-electron chi connectivity index (χ2n) is 3.94. The van der Waals surface area contributed by atoms with Gasteiger partial charge in [0.25, 0.3) is 0 Å². The lowest BCUT2D eigenvalue weighted by atomic mass is 10.3. The number of thiazole rings is 1. The zero-order chi connectivity index (χ0) is 13.0. The first-order valence-electron chi connectivity index (χ1n) is 5.86. The van der Waals surface area contributed by atoms with E-state index in [2.05, 4.69) is 32.6 Å². The Hall–Kier alpha value is -1.14. The first-order chi connectivity index (χ1) is 8.70. The number of aromatic nitrogens is 3. The summed E-state index contributed by atoms with van der Waals surface area (Å²) in [5.41, 5.74) is 2.14. The first kappa shape index (κ1) is 13.3. The Bertz CT molecular complexity index is 525. The summed E-state index contributed by atoms with van der Waals surface area (Å²) in [6.45, 7) is 7.11. The molecule has 1 N–H and O–H groups in total. The maximum Gasteiger partial charge on any atom is 0.156 e. The molecule has 2 aromatic heterocycles. The van der Waals surface area contributed by atoms with Gasteiger partial charge in [0.15, 0.2) is 4.34 Å². The summed E-state index contributed by atoms with van der Waals surface area (Å²) in [5.74, 6) is 0.919. The van der Waals surface area contributed by atoms with E-state index >= 15 is 0 Å². The number of rotatable bonds is 5. The SMILES string of the molecule is CCCNc1ncnc(Sc2nc(C)cs2)c1C. The Labute approximate surface area is 115 Å². The summed E-state index contributed by atoms with van der Waals surface area (Å²) in [5, 5.41) is 6.33. The molecule has 2 rings (SSSR count). The molecule has 0 bridgehead atoms. The minimum Gasteiger partial charge on any atom is -0.370 e. The Kier molecular flexibility index (Phi) is 4.54. The van der Waals surface area contributed by atoms with Gasteiger partial charge < -0.3 is 5.32 Å². The van der Waals surface area contributed by atoms with Crippen LogP contribution in [0.1, 0.15) is 24.6 Å². The van der Waals surface area contributed by atoms with Crippen LogP contribution in [0.25, 0.3) is 0 Å². The van der Waals surface area contributed by atoms with Crippen molar-refractivity contribution in [3.63, 3.8) is 0 Å². The van der Waals surface area contributed by atoms with Gasteiger partial charge in [-0.05, 0) is 32.0 Å². The molecule has 0 atom stereocenters. The van der Waals surface area contributed by atoms with E-state index in [-0.39, 0.29) is 0 Å². The molecular weight excluding hydrogens is 264 g/mol. The lowest BCUT2D eigenvalue weighted by Crippen LogP contribution is -2.05. The molecule has 4 nitrogen and oxygen atoms in total. The third-order valence-electron chi connectivity index (χ3n) is 2.36. The molecule has 0 amide bonds. The van der Waals surface area contributed by atoms with Crippen molar-refractivity contribution in [2.45, 2.75) is 36.6 Å². The van der Waals surface area contributed by atoms with Gasteiger partial charge in [0.05, 0.1) is 0 Å². The zero-order valence-electron chi connectivity index (χ0n) is 10.7. The third-order valence-corrected chi connectivity index (χ3v) is 4.52. The number of nitrogens with zero attached hydrogens (tertiary/aromatic N) is 3. The molecule has 2 aromatic rings. The van der Waals surface area contributed by atoms with Gasteiger partial charge in [0, 0.05) is 23.2 Å². The van der Waals surface area contributed by atoms with Crippen LogP contribution < -0.4 is 5.32 Å². The van der Waals surface area contributed by atoms with Crippen molar-refractivity contribution in [3.8, 4) is 0 Å². The summed E-state index contributed by atoms with van der Waals surface area (Å²) < 4.78 is 1.02. The molecule has 0 fully saturated rings. The van der Waals surface area contributed by atoms with Crippen LogP contribution in [-0.4, -0.2) is 21.5 Å². The molecule has 0 aliphatic rings. The molecule has 0 unspecified atom stereocenters. The second kappa shape index (κ2) is 6.15. The molecule has 0 radical (unpaired) electrons. The Morgan fingerprint density at radius 1 is 1.33 bits per heavy atom. The molecular formula is C12H16N4S2. The van der Waals surface area contributed by atoms with Crippen molar-refractivity contribution in [2.24, 2.45) is 0 Å². The molecule has 96 valence electrons. The van der Waals surface area contributed by atoms with E-state index in [1.54, 1.807) is 29.4 Å². The van der Waals surface area contributed by atoms with Crippen LogP contribution >= 0.6 is 23.1 Å². The van der Waals surface area contributed by atoms with Crippen LogP contribution in [0.15, 0.2) is 21.1 Å². The minimum atomic E-state index is 0.919. The quantitative estimate of drug-likeness (QED) is 0.849. The standard InChI is InChI=1S/C12H16N4S2/c1-4-5-13-10-9(3)11(15-7-14-10)18-12-16-8(2)6-17-12/h6-7H,4-5H2,1-3H3,(H,13,14,15). The highest BCUT2D eigenvalue weighted by Crippen LogP contribution is 2.32. The smallest absolute Gasteiger partial charge is 0.156 e. The second-order valence-corrected chi connectivity index (χ2v) is 6.03. The van der Waals surface area contributed by atoms with E-state index in [1.165, 1.54) is 0 Å². The maximum atomic E-state index is 4.44. The Balaban J connectivity index is 2.17. The average Bonchev–Trinajstić information content (AvgIpc) is 2.76. The fourth-order valence-corrected chi connectivity index (χ4v) is 3.22. The lowest BCUT2D eigenvalue weighted by molar-refractivity contribution is 0.938. The van der Waals surface area contributed by atoms with E-state index in [1.807, 2.05) is 13.8 Å². The molecule has 0 aliphatic heterocycles. The van der Waals surface area contributed by atoms with Crippen molar-refractivity contribution in [3.05, 3.63) is 23.0 Å². The van der Waals surface area contributed by atoms with Crippen LogP contribution in [0.3, 0.4) is 0 Å². The van der Waals surface area contributed by atoms with E-state index < -0.39 is 0 Å². The summed E-state index contributed by atoms with van der Waals surface area (Å²) in [7, 11) is 0. The highest BCUT2D eigenvalue weighted by atomic mass is 32.2. The summed E-state index contributed by atoms with van der Waals surface area (Å²) in [6, 6.07) is 0. The number of aryl methyl sites for hydroxylation is 1. The molecule has 0 saturated heterocycles. The van der Waals surface area contributed by atoms with Crippen molar-refractivity contribution in [1.29, 1.82) is 0 Å². The third kappa shape index (κ3) is 3.20. The topological polar surface area (TPSA) is 50.7 Å². The molecule has 2 heterocycles. The van der Waals surface area contributed by atoms with Crippen molar-refractivity contribution < 1.29 is 0 Å². The Morgan fingerprint density at radius 3 is 2.83 bits per heavy atom. The Morgan fingerprint density at radius 2 is 2.17 bits per heavy atom. The predicted molar refractivity (Wildman–Crippen MR) is 76.5 cm³/mol. The van der Waals surface area contributed by atoms with Gasteiger partial charge in [-0.2, -0.15) is 0 Å². The maximum absolute atomic E-state index is 4.44. The van der Waals surface area contributed by atoms with Crippen LogP contribution in [0.4, 0.5) is 5.82 Å². The largest absolute Gasteiger partial charge is 0.370 e. The first-order valence-corrected chi connectivity index (χ1v) is 7.55. The minimum absolute atomic E-state index is 0.919. The molecule has 0 spiro atoms. The van der Waals surface area contributed by atoms with Crippen molar-refractivity contribution in [1.82, 2.24) is 15.0 Å².